The van der Waals surface area contributed by atoms with Crippen LogP contribution in [0.3, 0.4) is 0 Å². The third-order valence-electron chi connectivity index (χ3n) is 4.11. The molecule has 1 heterocycles. The number of nitrogens with one attached hydrogen (secondary N) is 1. The fraction of sp³-hybridized carbons (Fsp3) is 0.733. The number of anilines is 2. The molecule has 0 aliphatic heterocycles. The maximum atomic E-state index is 12.5. The van der Waals surface area contributed by atoms with Crippen molar-refractivity contribution in [3.8, 4) is 0 Å². The van der Waals surface area contributed by atoms with E-state index in [1.54, 1.807) is 0 Å². The highest BCUT2D eigenvalue weighted by molar-refractivity contribution is 7.18. The Kier molecular flexibility index (Phi) is 5.08. The van der Waals surface area contributed by atoms with E-state index in [9.17, 15) is 4.79 Å². The molecular weight excluding hydrogens is 284 g/mol. The van der Waals surface area contributed by atoms with E-state index < -0.39 is 0 Å². The standard InChI is InChI=1S/C15H26N4OS/c1-4-10-19(3)14-17-12(16)11(21-14)13(20)18-15(2)8-6-5-7-9-15/h4-10,16H2,1-3H3,(H,18,20). The molecular formula is C15H26N4OS. The quantitative estimate of drug-likeness (QED) is 0.877. The summed E-state index contributed by atoms with van der Waals surface area (Å²) in [6.07, 6.45) is 6.74. The maximum absolute atomic E-state index is 12.5. The summed E-state index contributed by atoms with van der Waals surface area (Å²) in [6, 6.07) is 0. The van der Waals surface area contributed by atoms with Gasteiger partial charge >= 0.3 is 0 Å². The van der Waals surface area contributed by atoms with E-state index >= 15 is 0 Å². The highest BCUT2D eigenvalue weighted by Crippen LogP contribution is 2.31. The van der Waals surface area contributed by atoms with E-state index in [-0.39, 0.29) is 11.4 Å². The Balaban J connectivity index is 2.08. The molecule has 6 heteroatoms. The predicted octanol–water partition coefficient (Wildman–Crippen LogP) is 3.02. The molecule has 0 radical (unpaired) electrons. The molecule has 118 valence electrons. The smallest absolute Gasteiger partial charge is 0.265 e. The molecule has 0 spiro atoms. The number of aromatic nitrogens is 1. The third kappa shape index (κ3) is 3.87. The van der Waals surface area contributed by atoms with Crippen LogP contribution in [-0.2, 0) is 0 Å². The first kappa shape index (κ1) is 16.1. The van der Waals surface area contributed by atoms with Crippen LogP contribution in [-0.4, -0.2) is 30.0 Å². The number of hydrogen-bond donors (Lipinski definition) is 2. The van der Waals surface area contributed by atoms with E-state index in [0.717, 1.165) is 30.9 Å². The second-order valence-corrected chi connectivity index (χ2v) is 7.19. The molecule has 1 aromatic rings. The van der Waals surface area contributed by atoms with Crippen LogP contribution in [0.4, 0.5) is 10.9 Å². The van der Waals surface area contributed by atoms with Crippen molar-refractivity contribution in [1.29, 1.82) is 0 Å². The lowest BCUT2D eigenvalue weighted by atomic mass is 9.83. The van der Waals surface area contributed by atoms with Crippen LogP contribution in [0.15, 0.2) is 0 Å². The third-order valence-corrected chi connectivity index (χ3v) is 5.29. The lowest BCUT2D eigenvalue weighted by Crippen LogP contribution is -2.47. The Bertz CT molecular complexity index is 494. The normalized spacial score (nSPS) is 17.5. The van der Waals surface area contributed by atoms with Gasteiger partial charge in [0, 0.05) is 19.1 Å². The first-order valence-corrected chi connectivity index (χ1v) is 8.57. The van der Waals surface area contributed by atoms with Crippen LogP contribution >= 0.6 is 11.3 Å². The Morgan fingerprint density at radius 3 is 2.71 bits per heavy atom. The number of nitrogens with two attached hydrogens (primary N) is 1. The Labute approximate surface area is 130 Å². The summed E-state index contributed by atoms with van der Waals surface area (Å²) < 4.78 is 0. The summed E-state index contributed by atoms with van der Waals surface area (Å²) in [6.45, 7) is 5.15. The number of amides is 1. The summed E-state index contributed by atoms with van der Waals surface area (Å²) >= 11 is 1.38. The van der Waals surface area contributed by atoms with Gasteiger partial charge in [-0.3, -0.25) is 4.79 Å². The van der Waals surface area contributed by atoms with Crippen LogP contribution in [0.5, 0.6) is 0 Å². The van der Waals surface area contributed by atoms with Crippen LogP contribution in [0.25, 0.3) is 0 Å². The zero-order chi connectivity index (χ0) is 15.5. The van der Waals surface area contributed by atoms with Crippen molar-refractivity contribution in [3.05, 3.63) is 4.88 Å². The lowest BCUT2D eigenvalue weighted by molar-refractivity contribution is 0.0887. The average molecular weight is 310 g/mol. The van der Waals surface area contributed by atoms with Gasteiger partial charge in [-0.05, 0) is 26.2 Å². The molecule has 0 atom stereocenters. The van der Waals surface area contributed by atoms with E-state index in [0.29, 0.717) is 10.7 Å². The highest BCUT2D eigenvalue weighted by atomic mass is 32.1. The molecule has 1 amide bonds. The first-order valence-electron chi connectivity index (χ1n) is 7.75. The van der Waals surface area contributed by atoms with Gasteiger partial charge in [0.05, 0.1) is 0 Å². The molecule has 0 saturated heterocycles. The van der Waals surface area contributed by atoms with Gasteiger partial charge < -0.3 is 16.0 Å². The van der Waals surface area contributed by atoms with Crippen molar-refractivity contribution in [2.75, 3.05) is 24.2 Å². The van der Waals surface area contributed by atoms with Gasteiger partial charge in [0.25, 0.3) is 5.91 Å². The number of nitrogens with zero attached hydrogens (tertiary/aromatic N) is 2. The van der Waals surface area contributed by atoms with Crippen molar-refractivity contribution in [2.24, 2.45) is 0 Å². The van der Waals surface area contributed by atoms with Crippen molar-refractivity contribution in [1.82, 2.24) is 10.3 Å². The predicted molar refractivity (Wildman–Crippen MR) is 89.0 cm³/mol. The fourth-order valence-corrected chi connectivity index (χ4v) is 3.73. The Morgan fingerprint density at radius 2 is 2.10 bits per heavy atom. The summed E-state index contributed by atoms with van der Waals surface area (Å²) in [5, 5.41) is 3.98. The van der Waals surface area contributed by atoms with E-state index in [4.69, 9.17) is 5.73 Å². The molecule has 1 aliphatic rings. The zero-order valence-corrected chi connectivity index (χ0v) is 14.1. The first-order chi connectivity index (χ1) is 9.95. The lowest BCUT2D eigenvalue weighted by Gasteiger charge is -2.34. The van der Waals surface area contributed by atoms with Crippen molar-refractivity contribution in [3.63, 3.8) is 0 Å². The minimum atomic E-state index is -0.0960. The molecule has 0 bridgehead atoms. The van der Waals surface area contributed by atoms with Gasteiger partial charge in [-0.25, -0.2) is 4.98 Å². The average Bonchev–Trinajstić information content (AvgIpc) is 2.81. The molecule has 3 N–H and O–H groups in total. The van der Waals surface area contributed by atoms with E-state index in [1.807, 2.05) is 11.9 Å². The molecule has 21 heavy (non-hydrogen) atoms. The van der Waals surface area contributed by atoms with Crippen molar-refractivity contribution in [2.45, 2.75) is 57.9 Å². The van der Waals surface area contributed by atoms with Gasteiger partial charge in [-0.2, -0.15) is 0 Å². The minimum absolute atomic E-state index is 0.0782. The van der Waals surface area contributed by atoms with Gasteiger partial charge in [0.2, 0.25) is 0 Å². The van der Waals surface area contributed by atoms with Crippen LogP contribution in [0, 0.1) is 0 Å². The maximum Gasteiger partial charge on any atom is 0.265 e. The molecule has 1 fully saturated rings. The van der Waals surface area contributed by atoms with Crippen LogP contribution < -0.4 is 16.0 Å². The minimum Gasteiger partial charge on any atom is -0.382 e. The van der Waals surface area contributed by atoms with Gasteiger partial charge in [-0.15, -0.1) is 0 Å². The number of thiazole rings is 1. The highest BCUT2D eigenvalue weighted by Gasteiger charge is 2.30. The molecule has 1 saturated carbocycles. The molecule has 1 aliphatic carbocycles. The number of rotatable bonds is 5. The molecule has 0 aromatic carbocycles. The number of carbonyl (C=O) groups is 1. The Morgan fingerprint density at radius 1 is 1.43 bits per heavy atom. The SMILES string of the molecule is CCCN(C)c1nc(N)c(C(=O)NC2(C)CCCCC2)s1. The van der Waals surface area contributed by atoms with Gasteiger partial charge in [0.1, 0.15) is 10.7 Å². The number of nitrogen functional groups attached to an aromatic ring is 1. The summed E-state index contributed by atoms with van der Waals surface area (Å²) in [5.41, 5.74) is 5.84. The fourth-order valence-electron chi connectivity index (χ4n) is 2.87. The van der Waals surface area contributed by atoms with E-state index in [2.05, 4.69) is 24.1 Å². The van der Waals surface area contributed by atoms with Gasteiger partial charge in [-0.1, -0.05) is 37.5 Å². The second kappa shape index (κ2) is 6.64. The molecule has 5 nitrogen and oxygen atoms in total. The van der Waals surface area contributed by atoms with Crippen LogP contribution in [0.2, 0.25) is 0 Å². The second-order valence-electron chi connectivity index (χ2n) is 6.21. The number of hydrogen-bond acceptors (Lipinski definition) is 5. The van der Waals surface area contributed by atoms with Crippen molar-refractivity contribution >= 4 is 28.2 Å². The topological polar surface area (TPSA) is 71.2 Å². The summed E-state index contributed by atoms with van der Waals surface area (Å²) in [5.74, 6) is 0.264. The number of carbonyl (C=O) groups excluding carboxylic acids is 1. The summed E-state index contributed by atoms with van der Waals surface area (Å²) in [4.78, 5) is 19.4. The van der Waals surface area contributed by atoms with E-state index in [1.165, 1.54) is 30.6 Å². The Hall–Kier alpha value is -1.30. The zero-order valence-electron chi connectivity index (χ0n) is 13.2. The largest absolute Gasteiger partial charge is 0.382 e. The summed E-state index contributed by atoms with van der Waals surface area (Å²) in [7, 11) is 1.98. The molecule has 0 unspecified atom stereocenters. The molecule has 2 rings (SSSR count). The van der Waals surface area contributed by atoms with Gasteiger partial charge in [0.15, 0.2) is 5.13 Å². The van der Waals surface area contributed by atoms with Crippen molar-refractivity contribution < 1.29 is 4.79 Å². The van der Waals surface area contributed by atoms with Crippen LogP contribution in [0.1, 0.15) is 62.0 Å². The monoisotopic (exact) mass is 310 g/mol. The molecule has 1 aromatic heterocycles.